The number of aromatic nitrogens is 5. The minimum Gasteiger partial charge on any atom is -0.473 e. The van der Waals surface area contributed by atoms with Gasteiger partial charge in [-0.05, 0) is 31.4 Å². The lowest BCUT2D eigenvalue weighted by molar-refractivity contribution is 0.0981. The zero-order valence-electron chi connectivity index (χ0n) is 16.4. The van der Waals surface area contributed by atoms with E-state index in [1.807, 2.05) is 4.72 Å². The summed E-state index contributed by atoms with van der Waals surface area (Å²) >= 11 is 6.15. The first kappa shape index (κ1) is 20.4. The van der Waals surface area contributed by atoms with Gasteiger partial charge < -0.3 is 4.74 Å². The average Bonchev–Trinajstić information content (AvgIpc) is 3.03. The van der Waals surface area contributed by atoms with Gasteiger partial charge in [0.15, 0.2) is 5.82 Å². The van der Waals surface area contributed by atoms with Gasteiger partial charge in [0.25, 0.3) is 15.9 Å². The number of carbonyl (C=O) groups excluding carboxylic acids is 1. The van der Waals surface area contributed by atoms with Gasteiger partial charge in [-0.15, -0.1) is 5.10 Å². The first-order valence-electron chi connectivity index (χ1n) is 9.10. The zero-order valence-corrected chi connectivity index (χ0v) is 18.0. The second-order valence-electron chi connectivity index (χ2n) is 7.16. The Kier molecular flexibility index (Phi) is 5.02. The Morgan fingerprint density at radius 2 is 2.03 bits per heavy atom. The van der Waals surface area contributed by atoms with Crippen molar-refractivity contribution in [3.63, 3.8) is 0 Å². The van der Waals surface area contributed by atoms with Crippen molar-refractivity contribution in [1.82, 2.24) is 29.3 Å². The van der Waals surface area contributed by atoms with Crippen LogP contribution >= 0.6 is 11.6 Å². The molecule has 2 atom stereocenters. The Morgan fingerprint density at radius 3 is 2.63 bits per heavy atom. The number of pyridine rings is 1. The third kappa shape index (κ3) is 4.03. The molecule has 158 valence electrons. The predicted molar refractivity (Wildman–Crippen MR) is 107 cm³/mol. The number of sulfonamides is 1. The summed E-state index contributed by atoms with van der Waals surface area (Å²) in [7, 11) is -2.52. The Hall–Kier alpha value is -2.92. The molecule has 0 bridgehead atoms. The maximum atomic E-state index is 12.5. The largest absolute Gasteiger partial charge is 0.473 e. The summed E-state index contributed by atoms with van der Waals surface area (Å²) in [6.07, 6.45) is 4.16. The molecule has 30 heavy (non-hydrogen) atoms. The van der Waals surface area contributed by atoms with E-state index in [0.717, 1.165) is 6.42 Å². The number of carbonyl (C=O) groups is 1. The summed E-state index contributed by atoms with van der Waals surface area (Å²) in [4.78, 5) is 16.6. The molecular formula is C18H19ClN6O4S. The van der Waals surface area contributed by atoms with Gasteiger partial charge in [-0.25, -0.2) is 22.8 Å². The van der Waals surface area contributed by atoms with Crippen LogP contribution in [0, 0.1) is 12.8 Å². The minimum atomic E-state index is -4.11. The van der Waals surface area contributed by atoms with Gasteiger partial charge in [-0.1, -0.05) is 18.5 Å². The van der Waals surface area contributed by atoms with E-state index < -0.39 is 15.9 Å². The first-order chi connectivity index (χ1) is 14.1. The molecular weight excluding hydrogens is 432 g/mol. The van der Waals surface area contributed by atoms with Crippen LogP contribution in [0.15, 0.2) is 35.5 Å². The highest BCUT2D eigenvalue weighted by molar-refractivity contribution is 7.90. The molecule has 1 amide bonds. The van der Waals surface area contributed by atoms with Crippen molar-refractivity contribution in [2.45, 2.75) is 31.3 Å². The van der Waals surface area contributed by atoms with Crippen LogP contribution < -0.4 is 9.46 Å². The monoisotopic (exact) mass is 450 g/mol. The van der Waals surface area contributed by atoms with E-state index in [1.54, 1.807) is 19.3 Å². The van der Waals surface area contributed by atoms with Crippen LogP contribution in [-0.2, 0) is 17.1 Å². The first-order valence-corrected chi connectivity index (χ1v) is 11.0. The van der Waals surface area contributed by atoms with Crippen LogP contribution in [0.3, 0.4) is 0 Å². The van der Waals surface area contributed by atoms with Crippen molar-refractivity contribution in [3.8, 4) is 11.7 Å². The van der Waals surface area contributed by atoms with Gasteiger partial charge in [0.1, 0.15) is 16.2 Å². The molecule has 0 aliphatic heterocycles. The van der Waals surface area contributed by atoms with E-state index in [1.165, 1.54) is 34.6 Å². The molecule has 1 aliphatic rings. The fourth-order valence-corrected chi connectivity index (χ4v) is 4.32. The molecule has 0 saturated heterocycles. The topological polar surface area (TPSA) is 121 Å². The Labute approximate surface area is 177 Å². The van der Waals surface area contributed by atoms with Crippen LogP contribution in [0.2, 0.25) is 5.15 Å². The number of hydrogen-bond acceptors (Lipinski definition) is 7. The van der Waals surface area contributed by atoms with Crippen molar-refractivity contribution in [2.75, 3.05) is 0 Å². The predicted octanol–water partition coefficient (Wildman–Crippen LogP) is 1.87. The minimum absolute atomic E-state index is 0.0824. The van der Waals surface area contributed by atoms with E-state index in [4.69, 9.17) is 16.3 Å². The summed E-state index contributed by atoms with van der Waals surface area (Å²) in [5, 5.41) is 8.11. The lowest BCUT2D eigenvalue weighted by atomic mass is 10.3. The molecule has 1 fully saturated rings. The van der Waals surface area contributed by atoms with Crippen molar-refractivity contribution < 1.29 is 17.9 Å². The zero-order chi connectivity index (χ0) is 21.6. The molecule has 1 aliphatic carbocycles. The molecule has 3 aromatic rings. The second-order valence-corrected chi connectivity index (χ2v) is 9.17. The molecule has 0 radical (unpaired) electrons. The molecule has 10 nitrogen and oxygen atoms in total. The highest BCUT2D eigenvalue weighted by atomic mass is 35.5. The second kappa shape index (κ2) is 7.40. The van der Waals surface area contributed by atoms with Gasteiger partial charge >= 0.3 is 0 Å². The molecule has 0 spiro atoms. The van der Waals surface area contributed by atoms with Gasteiger partial charge in [0.2, 0.25) is 5.88 Å². The fraction of sp³-hybridized carbons (Fsp3) is 0.333. The number of hydrogen-bond donors (Lipinski definition) is 1. The quantitative estimate of drug-likeness (QED) is 0.569. The van der Waals surface area contributed by atoms with E-state index in [2.05, 4.69) is 22.1 Å². The van der Waals surface area contributed by atoms with Gasteiger partial charge in [0, 0.05) is 25.5 Å². The number of aryl methyl sites for hydroxylation is 2. The third-order valence-electron chi connectivity index (χ3n) is 4.67. The number of halogens is 1. The number of nitrogens with zero attached hydrogens (tertiary/aromatic N) is 5. The Morgan fingerprint density at radius 1 is 1.30 bits per heavy atom. The van der Waals surface area contributed by atoms with E-state index in [0.29, 0.717) is 17.6 Å². The molecule has 1 N–H and O–H groups in total. The van der Waals surface area contributed by atoms with Crippen LogP contribution in [0.25, 0.3) is 5.82 Å². The molecule has 4 rings (SSSR count). The summed E-state index contributed by atoms with van der Waals surface area (Å²) < 4.78 is 35.5. The van der Waals surface area contributed by atoms with Crippen LogP contribution in [0.5, 0.6) is 5.88 Å². The smallest absolute Gasteiger partial charge is 0.268 e. The van der Waals surface area contributed by atoms with Crippen molar-refractivity contribution in [1.29, 1.82) is 0 Å². The number of rotatable bonds is 6. The number of ether oxygens (including phenoxy) is 1. The standard InChI is InChI=1S/C18H19ClN6O4S/c1-10-8-13(10)29-16-6-7-25(22-16)15-5-4-12(17(19)20-15)18(26)23-30(27,28)14-9-24(3)21-11(14)2/h4-7,9-10,13H,8H2,1-3H3,(H,23,26)/t10-,13+/m1/s1. The highest BCUT2D eigenvalue weighted by Gasteiger charge is 2.35. The molecule has 3 heterocycles. The summed E-state index contributed by atoms with van der Waals surface area (Å²) in [6.45, 7) is 3.64. The molecule has 3 aromatic heterocycles. The summed E-state index contributed by atoms with van der Waals surface area (Å²) in [6, 6.07) is 4.61. The SMILES string of the molecule is Cc1nn(C)cc1S(=O)(=O)NC(=O)c1ccc(-n2ccc(O[C@H]3C[C@H]3C)n2)nc1Cl. The molecule has 12 heteroatoms. The third-order valence-corrected chi connectivity index (χ3v) is 6.39. The molecule has 0 unspecified atom stereocenters. The normalized spacial score (nSPS) is 18.3. The van der Waals surface area contributed by atoms with E-state index in [9.17, 15) is 13.2 Å². The van der Waals surface area contributed by atoms with Crippen molar-refractivity contribution in [2.24, 2.45) is 13.0 Å². The Balaban J connectivity index is 1.51. The van der Waals surface area contributed by atoms with Crippen LogP contribution in [0.1, 0.15) is 29.4 Å². The lowest BCUT2D eigenvalue weighted by Gasteiger charge is -2.08. The van der Waals surface area contributed by atoms with E-state index >= 15 is 0 Å². The Bertz CT molecular complexity index is 1240. The van der Waals surface area contributed by atoms with Crippen molar-refractivity contribution >= 4 is 27.5 Å². The lowest BCUT2D eigenvalue weighted by Crippen LogP contribution is -2.31. The average molecular weight is 451 g/mol. The van der Waals surface area contributed by atoms with Crippen LogP contribution in [-0.4, -0.2) is 45.0 Å². The van der Waals surface area contributed by atoms with Gasteiger partial charge in [0.05, 0.1) is 11.3 Å². The van der Waals surface area contributed by atoms with Crippen molar-refractivity contribution in [3.05, 3.63) is 47.0 Å². The molecule has 0 aromatic carbocycles. The number of amides is 1. The summed E-state index contributed by atoms with van der Waals surface area (Å²) in [5.74, 6) is 0.463. The van der Waals surface area contributed by atoms with Gasteiger partial charge in [-0.2, -0.15) is 5.10 Å². The maximum absolute atomic E-state index is 12.5. The maximum Gasteiger partial charge on any atom is 0.268 e. The number of nitrogens with one attached hydrogen (secondary N) is 1. The molecule has 1 saturated carbocycles. The summed E-state index contributed by atoms with van der Waals surface area (Å²) in [5.41, 5.74) is 0.190. The van der Waals surface area contributed by atoms with E-state index in [-0.39, 0.29) is 27.4 Å². The van der Waals surface area contributed by atoms with Crippen LogP contribution in [0.4, 0.5) is 0 Å². The highest BCUT2D eigenvalue weighted by Crippen LogP contribution is 2.33. The van der Waals surface area contributed by atoms with Gasteiger partial charge in [-0.3, -0.25) is 9.48 Å². The fourth-order valence-electron chi connectivity index (χ4n) is 2.90.